The molecule has 4 aromatic heterocycles. The van der Waals surface area contributed by atoms with E-state index in [9.17, 15) is 26.4 Å². The van der Waals surface area contributed by atoms with Gasteiger partial charge >= 0.3 is 0 Å². The van der Waals surface area contributed by atoms with Crippen molar-refractivity contribution in [1.29, 1.82) is 0 Å². The predicted molar refractivity (Wildman–Crippen MR) is 264 cm³/mol. The topological polar surface area (TPSA) is 205 Å². The van der Waals surface area contributed by atoms with Crippen molar-refractivity contribution >= 4 is 120 Å². The Labute approximate surface area is 398 Å². The SMILES string of the molecule is CNc1nc2ccc(-c3cnc(Cl)c(NS(=O)(=O)c4ccc(C(C)(C)NC(=O)CN(c5cc(-c6ccc7nc(NC)sc7c6)cnc5Cl)S(=O)(=O)c5ccc(C(C)=O)cc5)cc4)c3)cc2s1. The molecule has 0 fully saturated rings. The van der Waals surface area contributed by atoms with Crippen molar-refractivity contribution in [3.63, 3.8) is 0 Å². The summed E-state index contributed by atoms with van der Waals surface area (Å²) >= 11 is 16.0. The summed E-state index contributed by atoms with van der Waals surface area (Å²) in [7, 11) is -5.13. The number of hydrogen-bond acceptors (Lipinski definition) is 14. The third-order valence-electron chi connectivity index (χ3n) is 10.5. The molecule has 0 atom stereocenters. The molecule has 0 aliphatic carbocycles. The van der Waals surface area contributed by atoms with Gasteiger partial charge in [-0.2, -0.15) is 0 Å². The number of hydrogen-bond donors (Lipinski definition) is 4. The second-order valence-electron chi connectivity index (χ2n) is 15.4. The van der Waals surface area contributed by atoms with Gasteiger partial charge in [-0.25, -0.2) is 36.8 Å². The van der Waals surface area contributed by atoms with Crippen LogP contribution in [0.4, 0.5) is 21.6 Å². The van der Waals surface area contributed by atoms with Gasteiger partial charge < -0.3 is 16.0 Å². The predicted octanol–water partition coefficient (Wildman–Crippen LogP) is 9.67. The number of thiazole rings is 2. The molecule has 0 spiro atoms. The van der Waals surface area contributed by atoms with Gasteiger partial charge in [0.25, 0.3) is 20.0 Å². The highest BCUT2D eigenvalue weighted by molar-refractivity contribution is 7.93. The molecule has 4 heterocycles. The standard InChI is InChI=1S/C45H39Cl2N9O6S4/c1-25(57)26-6-12-33(13-7-26)66(61,62)56(37-19-30(23-51-42(37)47)28-9-17-35-39(21-28)64-44(49-5)53-35)24-40(58)54-45(2,3)31-10-14-32(15-11-31)65(59,60)55-36-18-29(22-50-41(36)46)27-8-16-34-38(20-27)63-43(48-4)52-34/h6-23,55H,24H2,1-5H3,(H,48,52)(H,49,53)(H,54,58). The summed E-state index contributed by atoms with van der Waals surface area (Å²) in [5.41, 5.74) is 3.91. The molecule has 0 aliphatic rings. The number of carbonyl (C=O) groups excluding carboxylic acids is 2. The highest BCUT2D eigenvalue weighted by atomic mass is 35.5. The number of carbonyl (C=O) groups is 2. The van der Waals surface area contributed by atoms with Gasteiger partial charge in [-0.3, -0.25) is 18.6 Å². The Morgan fingerprint density at radius 3 is 1.76 bits per heavy atom. The van der Waals surface area contributed by atoms with E-state index in [1.54, 1.807) is 58.4 Å². The first-order chi connectivity index (χ1) is 31.3. The van der Waals surface area contributed by atoms with Crippen molar-refractivity contribution in [2.24, 2.45) is 0 Å². The lowest BCUT2D eigenvalue weighted by atomic mass is 9.94. The first kappa shape index (κ1) is 46.3. The van der Waals surface area contributed by atoms with Crippen molar-refractivity contribution in [1.82, 2.24) is 25.3 Å². The van der Waals surface area contributed by atoms with E-state index in [4.69, 9.17) is 23.2 Å². The number of nitrogens with one attached hydrogen (secondary N) is 4. The van der Waals surface area contributed by atoms with Crippen LogP contribution in [0.5, 0.6) is 0 Å². The summed E-state index contributed by atoms with van der Waals surface area (Å²) in [5.74, 6) is -0.968. The number of halogens is 2. The number of fused-ring (bicyclic) bond motifs is 2. The summed E-state index contributed by atoms with van der Waals surface area (Å²) in [6.45, 7) is 4.02. The van der Waals surface area contributed by atoms with Gasteiger partial charge in [-0.1, -0.05) is 82.3 Å². The number of pyridine rings is 2. The molecule has 338 valence electrons. The van der Waals surface area contributed by atoms with Gasteiger partial charge in [-0.15, -0.1) is 0 Å². The molecule has 8 aromatic rings. The van der Waals surface area contributed by atoms with E-state index in [0.717, 1.165) is 40.6 Å². The lowest BCUT2D eigenvalue weighted by Crippen LogP contribution is -2.47. The minimum atomic E-state index is -4.52. The van der Waals surface area contributed by atoms with Crippen LogP contribution < -0.4 is 25.0 Å². The van der Waals surface area contributed by atoms with Gasteiger partial charge in [0.15, 0.2) is 26.4 Å². The van der Waals surface area contributed by atoms with Crippen molar-refractivity contribution in [3.05, 3.63) is 131 Å². The van der Waals surface area contributed by atoms with Crippen LogP contribution in [0.1, 0.15) is 36.7 Å². The molecular weight excluding hydrogens is 962 g/mol. The molecule has 1 amide bonds. The Balaban J connectivity index is 1.04. The van der Waals surface area contributed by atoms with Crippen molar-refractivity contribution in [3.8, 4) is 22.3 Å². The second-order valence-corrected chi connectivity index (χ2v) is 21.7. The van der Waals surface area contributed by atoms with Gasteiger partial charge in [0.1, 0.15) is 6.54 Å². The zero-order valence-electron chi connectivity index (χ0n) is 35.7. The monoisotopic (exact) mass is 999 g/mol. The number of benzene rings is 4. The largest absolute Gasteiger partial charge is 0.365 e. The molecule has 0 saturated carbocycles. The maximum Gasteiger partial charge on any atom is 0.264 e. The Bertz CT molecular complexity index is 3420. The van der Waals surface area contributed by atoms with Crippen molar-refractivity contribution in [2.75, 3.05) is 40.3 Å². The van der Waals surface area contributed by atoms with Crippen molar-refractivity contribution in [2.45, 2.75) is 36.1 Å². The summed E-state index contributed by atoms with van der Waals surface area (Å²) in [5, 5.41) is 10.2. The number of rotatable bonds is 15. The Kier molecular flexibility index (Phi) is 12.8. The molecule has 8 rings (SSSR count). The molecule has 66 heavy (non-hydrogen) atoms. The summed E-state index contributed by atoms with van der Waals surface area (Å²) < 4.78 is 61.7. The molecule has 4 N–H and O–H groups in total. The van der Waals surface area contributed by atoms with Crippen LogP contribution in [0.25, 0.3) is 42.7 Å². The van der Waals surface area contributed by atoms with Crippen molar-refractivity contribution < 1.29 is 26.4 Å². The normalized spacial score (nSPS) is 12.0. The molecule has 0 radical (unpaired) electrons. The molecule has 0 bridgehead atoms. The molecule has 4 aromatic carbocycles. The lowest BCUT2D eigenvalue weighted by molar-refractivity contribution is -0.121. The molecule has 15 nitrogen and oxygen atoms in total. The van der Waals surface area contributed by atoms with E-state index in [2.05, 4.69) is 40.6 Å². The minimum Gasteiger partial charge on any atom is -0.365 e. The van der Waals surface area contributed by atoms with Crippen LogP contribution in [-0.4, -0.2) is 69.1 Å². The fourth-order valence-corrected chi connectivity index (χ4v) is 11.7. The maximum absolute atomic E-state index is 14.5. The third-order valence-corrected chi connectivity index (χ3v) is 16.3. The first-order valence-electron chi connectivity index (χ1n) is 19.9. The summed E-state index contributed by atoms with van der Waals surface area (Å²) in [6, 6.07) is 25.6. The molecule has 0 unspecified atom stereocenters. The van der Waals surface area contributed by atoms with E-state index in [-0.39, 0.29) is 37.3 Å². The average Bonchev–Trinajstić information content (AvgIpc) is 3.92. The van der Waals surface area contributed by atoms with E-state index in [1.165, 1.54) is 72.2 Å². The number of amides is 1. The van der Waals surface area contributed by atoms with E-state index >= 15 is 0 Å². The molecular formula is C45H39Cl2N9O6S4. The van der Waals surface area contributed by atoms with Crippen LogP contribution in [0.2, 0.25) is 10.3 Å². The lowest BCUT2D eigenvalue weighted by Gasteiger charge is -2.30. The second kappa shape index (κ2) is 18.2. The van der Waals surface area contributed by atoms with Crippen LogP contribution in [0.15, 0.2) is 119 Å². The number of ketones is 1. The third kappa shape index (κ3) is 9.53. The quantitative estimate of drug-likeness (QED) is 0.0560. The summed E-state index contributed by atoms with van der Waals surface area (Å²) in [6.07, 6.45) is 3.07. The molecule has 0 aliphatic heterocycles. The summed E-state index contributed by atoms with van der Waals surface area (Å²) in [4.78, 5) is 43.4. The van der Waals surface area contributed by atoms with Gasteiger partial charge in [0, 0.05) is 43.2 Å². The van der Waals surface area contributed by atoms with Crippen LogP contribution in [0, 0.1) is 0 Å². The van der Waals surface area contributed by atoms with E-state index in [0.29, 0.717) is 27.8 Å². The number of nitrogens with zero attached hydrogens (tertiary/aromatic N) is 5. The highest BCUT2D eigenvalue weighted by Gasteiger charge is 2.32. The average molecular weight is 1000 g/mol. The molecule has 21 heteroatoms. The van der Waals surface area contributed by atoms with Gasteiger partial charge in [0.05, 0.1) is 47.1 Å². The minimum absolute atomic E-state index is 0.0484. The zero-order valence-corrected chi connectivity index (χ0v) is 40.5. The Hall–Kier alpha value is -6.22. The van der Waals surface area contributed by atoms with Gasteiger partial charge in [-0.05, 0) is 98.1 Å². The zero-order chi connectivity index (χ0) is 47.1. The number of anilines is 4. The number of sulfonamides is 2. The molecule has 0 saturated heterocycles. The Morgan fingerprint density at radius 2 is 1.21 bits per heavy atom. The van der Waals surface area contributed by atoms with Crippen LogP contribution in [0.3, 0.4) is 0 Å². The van der Waals surface area contributed by atoms with Crippen LogP contribution in [-0.2, 0) is 30.4 Å². The first-order valence-corrected chi connectivity index (χ1v) is 25.2. The Morgan fingerprint density at radius 1 is 0.682 bits per heavy atom. The van der Waals surface area contributed by atoms with Gasteiger partial charge in [0.2, 0.25) is 5.91 Å². The number of aromatic nitrogens is 4. The number of Topliss-reactive ketones (excluding diaryl/α,β-unsaturated/α-hetero) is 1. The maximum atomic E-state index is 14.5. The fraction of sp³-hybridized carbons (Fsp3) is 0.156. The highest BCUT2D eigenvalue weighted by Crippen LogP contribution is 2.37. The van der Waals surface area contributed by atoms with Crippen LogP contribution >= 0.6 is 45.9 Å². The van der Waals surface area contributed by atoms with E-state index < -0.39 is 38.0 Å². The smallest absolute Gasteiger partial charge is 0.264 e. The fourth-order valence-electron chi connectivity index (χ4n) is 7.00. The van der Waals surface area contributed by atoms with E-state index in [1.807, 2.05) is 36.4 Å².